The second kappa shape index (κ2) is 10.8. The highest BCUT2D eigenvalue weighted by Crippen LogP contribution is 2.28. The molecule has 2 N–H and O–H groups in total. The number of amides is 2. The lowest BCUT2D eigenvalue weighted by Gasteiger charge is -2.11. The minimum atomic E-state index is -0.493. The number of rotatable bonds is 8. The fourth-order valence-corrected chi connectivity index (χ4v) is 3.48. The van der Waals surface area contributed by atoms with Crippen molar-refractivity contribution in [1.82, 2.24) is 5.43 Å². The molecule has 0 atom stereocenters. The number of fused-ring (bicyclic) bond motifs is 1. The van der Waals surface area contributed by atoms with E-state index in [-0.39, 0.29) is 12.4 Å². The number of carbonyl (C=O) groups is 2. The molecule has 0 spiro atoms. The number of nitrogens with one attached hydrogen (secondary N) is 2. The molecule has 35 heavy (non-hydrogen) atoms. The maximum absolute atomic E-state index is 13.0. The highest BCUT2D eigenvalue weighted by atomic mass is 79.9. The minimum absolute atomic E-state index is 0.135. The average Bonchev–Trinajstić information content (AvgIpc) is 3.28. The van der Waals surface area contributed by atoms with Crippen LogP contribution in [0.1, 0.15) is 16.1 Å². The van der Waals surface area contributed by atoms with Crippen molar-refractivity contribution < 1.29 is 27.9 Å². The molecule has 0 saturated heterocycles. The minimum Gasteiger partial charge on any atom is -0.493 e. The molecule has 4 aromatic rings. The quantitative estimate of drug-likeness (QED) is 0.239. The van der Waals surface area contributed by atoms with Crippen LogP contribution in [0.2, 0.25) is 0 Å². The summed E-state index contributed by atoms with van der Waals surface area (Å²) >= 11 is 3.38. The number of anilines is 1. The van der Waals surface area contributed by atoms with E-state index >= 15 is 0 Å². The zero-order chi connectivity index (χ0) is 24.8. The van der Waals surface area contributed by atoms with E-state index in [4.69, 9.17) is 13.9 Å². The predicted octanol–water partition coefficient (Wildman–Crippen LogP) is 5.12. The van der Waals surface area contributed by atoms with E-state index < -0.39 is 17.6 Å². The van der Waals surface area contributed by atoms with Crippen LogP contribution < -0.4 is 20.2 Å². The summed E-state index contributed by atoms with van der Waals surface area (Å²) < 4.78 is 30.2. The molecule has 0 saturated carbocycles. The first-order valence-corrected chi connectivity index (χ1v) is 11.1. The van der Waals surface area contributed by atoms with Crippen molar-refractivity contribution in [3.63, 3.8) is 0 Å². The third-order valence-corrected chi connectivity index (χ3v) is 5.25. The smallest absolute Gasteiger partial charge is 0.307 e. The van der Waals surface area contributed by atoms with Gasteiger partial charge in [0.25, 0.3) is 5.91 Å². The van der Waals surface area contributed by atoms with Gasteiger partial charge in [0.15, 0.2) is 23.9 Å². The number of furan rings is 1. The molecule has 0 bridgehead atoms. The largest absolute Gasteiger partial charge is 0.493 e. The van der Waals surface area contributed by atoms with Gasteiger partial charge in [-0.25, -0.2) is 9.82 Å². The summed E-state index contributed by atoms with van der Waals surface area (Å²) in [5.74, 6) is -0.447. The van der Waals surface area contributed by atoms with Crippen LogP contribution in [0.15, 0.2) is 80.7 Å². The Hall–Kier alpha value is -4.18. The first-order valence-electron chi connectivity index (χ1n) is 10.3. The Bertz CT molecular complexity index is 1400. The highest BCUT2D eigenvalue weighted by Gasteiger charge is 2.12. The number of hydrogen-bond acceptors (Lipinski definition) is 6. The van der Waals surface area contributed by atoms with Gasteiger partial charge in [-0.05, 0) is 72.3 Å². The van der Waals surface area contributed by atoms with Crippen LogP contribution in [0.3, 0.4) is 0 Å². The topological polar surface area (TPSA) is 102 Å². The molecule has 10 heteroatoms. The molecular formula is C25H19BrFN3O5. The predicted molar refractivity (Wildman–Crippen MR) is 132 cm³/mol. The Morgan fingerprint density at radius 2 is 1.86 bits per heavy atom. The maximum Gasteiger partial charge on any atom is 0.307 e. The number of carbonyl (C=O) groups excluding carboxylic acids is 2. The molecule has 178 valence electrons. The zero-order valence-electron chi connectivity index (χ0n) is 18.4. The Morgan fingerprint density at radius 3 is 2.63 bits per heavy atom. The summed E-state index contributed by atoms with van der Waals surface area (Å²) in [5.41, 5.74) is 4.09. The lowest BCUT2D eigenvalue weighted by molar-refractivity contribution is -0.118. The van der Waals surface area contributed by atoms with Crippen LogP contribution in [-0.2, 0) is 4.79 Å². The van der Waals surface area contributed by atoms with Crippen LogP contribution in [-0.4, -0.2) is 31.7 Å². The summed E-state index contributed by atoms with van der Waals surface area (Å²) in [4.78, 5) is 24.4. The number of ether oxygens (including phenoxy) is 2. The summed E-state index contributed by atoms with van der Waals surface area (Å²) in [5, 5.41) is 7.36. The Morgan fingerprint density at radius 1 is 1.06 bits per heavy atom. The Labute approximate surface area is 207 Å². The van der Waals surface area contributed by atoms with Gasteiger partial charge in [-0.3, -0.25) is 9.59 Å². The first-order chi connectivity index (χ1) is 16.9. The van der Waals surface area contributed by atoms with Gasteiger partial charge in [0.1, 0.15) is 11.4 Å². The van der Waals surface area contributed by atoms with Crippen LogP contribution in [0.4, 0.5) is 10.1 Å². The molecule has 2 amide bonds. The van der Waals surface area contributed by atoms with Crippen molar-refractivity contribution in [2.75, 3.05) is 19.0 Å². The molecule has 0 aliphatic heterocycles. The van der Waals surface area contributed by atoms with Crippen molar-refractivity contribution in [1.29, 1.82) is 0 Å². The van der Waals surface area contributed by atoms with E-state index in [1.54, 1.807) is 30.3 Å². The number of methoxy groups -OCH3 is 1. The Balaban J connectivity index is 1.34. The van der Waals surface area contributed by atoms with Crippen molar-refractivity contribution in [2.45, 2.75) is 0 Å². The third kappa shape index (κ3) is 6.24. The first kappa shape index (κ1) is 24.0. The molecule has 3 aromatic carbocycles. The highest BCUT2D eigenvalue weighted by molar-refractivity contribution is 9.10. The number of hydrogen-bond donors (Lipinski definition) is 2. The molecule has 0 radical (unpaired) electrons. The SMILES string of the molecule is COc1cc(C=NNC(=O)c2cc3cc(Br)ccc3o2)ccc1OCC(=O)Nc1ccc(F)cc1. The van der Waals surface area contributed by atoms with Gasteiger partial charge in [0.05, 0.1) is 13.3 Å². The van der Waals surface area contributed by atoms with E-state index in [9.17, 15) is 14.0 Å². The fraction of sp³-hybridized carbons (Fsp3) is 0.0800. The summed E-state index contributed by atoms with van der Waals surface area (Å²) in [6.07, 6.45) is 1.44. The molecule has 1 heterocycles. The van der Waals surface area contributed by atoms with Gasteiger partial charge in [0.2, 0.25) is 0 Å². The van der Waals surface area contributed by atoms with Crippen molar-refractivity contribution in [2.24, 2.45) is 5.10 Å². The zero-order valence-corrected chi connectivity index (χ0v) is 20.0. The van der Waals surface area contributed by atoms with Gasteiger partial charge in [-0.2, -0.15) is 5.10 Å². The molecule has 0 aliphatic rings. The van der Waals surface area contributed by atoms with Gasteiger partial charge >= 0.3 is 5.91 Å². The average molecular weight is 540 g/mol. The normalized spacial score (nSPS) is 10.9. The van der Waals surface area contributed by atoms with E-state index in [0.717, 1.165) is 9.86 Å². The Kier molecular flexibility index (Phi) is 7.41. The number of benzene rings is 3. The van der Waals surface area contributed by atoms with E-state index in [2.05, 4.69) is 31.8 Å². The van der Waals surface area contributed by atoms with Gasteiger partial charge in [-0.1, -0.05) is 15.9 Å². The van der Waals surface area contributed by atoms with E-state index in [0.29, 0.717) is 28.3 Å². The standard InChI is InChI=1S/C25H19BrFN3O5/c1-33-22-10-15(2-8-21(22)34-14-24(31)29-19-6-4-18(27)5-7-19)13-28-30-25(32)23-12-16-11-17(26)3-9-20(16)35-23/h2-13H,14H2,1H3,(H,29,31)(H,30,32). The summed E-state index contributed by atoms with van der Waals surface area (Å²) in [6, 6.07) is 17.4. The number of hydrazone groups is 1. The van der Waals surface area contributed by atoms with Crippen LogP contribution in [0.25, 0.3) is 11.0 Å². The van der Waals surface area contributed by atoms with E-state index in [1.807, 2.05) is 12.1 Å². The van der Waals surface area contributed by atoms with Gasteiger partial charge in [0, 0.05) is 15.5 Å². The van der Waals surface area contributed by atoms with E-state index in [1.165, 1.54) is 37.6 Å². The summed E-state index contributed by atoms with van der Waals surface area (Å²) in [6.45, 7) is -0.273. The second-order valence-corrected chi connectivity index (χ2v) is 8.16. The molecule has 0 aliphatic carbocycles. The lowest BCUT2D eigenvalue weighted by atomic mass is 10.2. The summed E-state index contributed by atoms with van der Waals surface area (Å²) in [7, 11) is 1.46. The van der Waals surface area contributed by atoms with Crippen LogP contribution in [0.5, 0.6) is 11.5 Å². The van der Waals surface area contributed by atoms with Crippen molar-refractivity contribution in [3.05, 3.63) is 88.3 Å². The van der Waals surface area contributed by atoms with Crippen molar-refractivity contribution in [3.8, 4) is 11.5 Å². The second-order valence-electron chi connectivity index (χ2n) is 7.25. The third-order valence-electron chi connectivity index (χ3n) is 4.76. The molecule has 0 fully saturated rings. The van der Waals surface area contributed by atoms with Crippen LogP contribution >= 0.6 is 15.9 Å². The van der Waals surface area contributed by atoms with Crippen LogP contribution in [0, 0.1) is 5.82 Å². The molecule has 4 rings (SSSR count). The van der Waals surface area contributed by atoms with Crippen molar-refractivity contribution >= 4 is 50.6 Å². The number of nitrogens with zero attached hydrogens (tertiary/aromatic N) is 1. The fourth-order valence-electron chi connectivity index (χ4n) is 3.10. The number of halogens is 2. The molecule has 8 nitrogen and oxygen atoms in total. The maximum atomic E-state index is 13.0. The molecule has 1 aromatic heterocycles. The molecule has 0 unspecified atom stereocenters. The monoisotopic (exact) mass is 539 g/mol. The lowest BCUT2D eigenvalue weighted by Crippen LogP contribution is -2.20. The van der Waals surface area contributed by atoms with Gasteiger partial charge < -0.3 is 19.2 Å². The van der Waals surface area contributed by atoms with Gasteiger partial charge in [-0.15, -0.1) is 0 Å². The molecular weight excluding hydrogens is 521 g/mol.